The lowest BCUT2D eigenvalue weighted by atomic mass is 10.1. The fourth-order valence-corrected chi connectivity index (χ4v) is 8.85. The zero-order chi connectivity index (χ0) is 12.5. The van der Waals surface area contributed by atoms with Crippen molar-refractivity contribution in [1.29, 1.82) is 0 Å². The molecule has 0 spiro atoms. The van der Waals surface area contributed by atoms with Crippen LogP contribution in [0.4, 0.5) is 0 Å². The Kier molecular flexibility index (Phi) is 4.88. The average Bonchev–Trinajstić information content (AvgIpc) is 2.00. The van der Waals surface area contributed by atoms with Gasteiger partial charge in [-0.25, -0.2) is 0 Å². The largest absolute Gasteiger partial charge is 0.0896 e. The first-order valence-corrected chi connectivity index (χ1v) is 7.63. The van der Waals surface area contributed by atoms with Gasteiger partial charge in [0.2, 0.25) is 0 Å². The van der Waals surface area contributed by atoms with Gasteiger partial charge >= 0.3 is 0 Å². The molecule has 0 heterocycles. The molecule has 0 amide bonds. The fourth-order valence-electron chi connectivity index (χ4n) is 2.95. The quantitative estimate of drug-likeness (QED) is 0.548. The molecule has 0 aliphatic rings. The van der Waals surface area contributed by atoms with E-state index in [-0.39, 0.29) is 7.92 Å². The minimum atomic E-state index is 0.0116. The van der Waals surface area contributed by atoms with Crippen molar-refractivity contribution in [3.8, 4) is 0 Å². The lowest BCUT2D eigenvalue weighted by Crippen LogP contribution is -2.37. The maximum atomic E-state index is 2.46. The first kappa shape index (κ1) is 15.4. The van der Waals surface area contributed by atoms with Crippen molar-refractivity contribution in [2.75, 3.05) is 0 Å². The molecule has 92 valence electrons. The molecular weight excluding hydrogens is 199 g/mol. The van der Waals surface area contributed by atoms with Crippen LogP contribution < -0.4 is 0 Å². The van der Waals surface area contributed by atoms with E-state index in [1.165, 1.54) is 12.8 Å². The summed E-state index contributed by atoms with van der Waals surface area (Å²) in [6.07, 6.45) is 2.58. The van der Waals surface area contributed by atoms with Gasteiger partial charge in [-0.05, 0) is 28.3 Å². The van der Waals surface area contributed by atoms with E-state index in [4.69, 9.17) is 0 Å². The van der Waals surface area contributed by atoms with E-state index in [1.54, 1.807) is 0 Å². The molecule has 0 nitrogen and oxygen atoms in total. The Balaban J connectivity index is 5.27. The highest BCUT2D eigenvalue weighted by Crippen LogP contribution is 2.69. The van der Waals surface area contributed by atoms with Gasteiger partial charge in [0.05, 0.1) is 0 Å². The monoisotopic (exact) mass is 230 g/mol. The van der Waals surface area contributed by atoms with Crippen molar-refractivity contribution >= 4 is 7.92 Å². The number of hydrogen-bond acceptors (Lipinski definition) is 0. The Morgan fingerprint density at radius 1 is 0.667 bits per heavy atom. The molecule has 0 saturated heterocycles. The summed E-state index contributed by atoms with van der Waals surface area (Å²) in [5.41, 5.74) is 0. The van der Waals surface area contributed by atoms with Crippen LogP contribution in [0.5, 0.6) is 0 Å². The molecule has 0 N–H and O–H groups in total. The van der Waals surface area contributed by atoms with E-state index in [0.717, 1.165) is 0 Å². The topological polar surface area (TPSA) is 0 Å². The Morgan fingerprint density at radius 2 is 0.933 bits per heavy atom. The van der Waals surface area contributed by atoms with Gasteiger partial charge in [-0.2, -0.15) is 0 Å². The average molecular weight is 230 g/mol. The van der Waals surface area contributed by atoms with Gasteiger partial charge in [-0.3, -0.25) is 0 Å². The van der Waals surface area contributed by atoms with Crippen molar-refractivity contribution in [3.63, 3.8) is 0 Å². The minimum absolute atomic E-state index is 0.0116. The second-order valence-electron chi connectivity index (χ2n) is 6.84. The highest BCUT2D eigenvalue weighted by molar-refractivity contribution is 7.62. The summed E-state index contributed by atoms with van der Waals surface area (Å²) in [5.74, 6) is 0. The molecule has 15 heavy (non-hydrogen) atoms. The van der Waals surface area contributed by atoms with Gasteiger partial charge in [-0.1, -0.05) is 70.2 Å². The highest BCUT2D eigenvalue weighted by Gasteiger charge is 2.44. The van der Waals surface area contributed by atoms with E-state index < -0.39 is 0 Å². The normalized spacial score (nSPS) is 14.8. The molecule has 0 aliphatic carbocycles. The predicted octanol–water partition coefficient (Wildman–Crippen LogP) is 5.64. The molecule has 0 atom stereocenters. The maximum absolute atomic E-state index is 2.46. The standard InChI is InChI=1S/C14H31P/c1-10-13(6,7)15(12(3,4)5)14(8,9)11-2/h10-11H2,1-9H3. The van der Waals surface area contributed by atoms with Crippen LogP contribution in [0, 0.1) is 0 Å². The minimum Gasteiger partial charge on any atom is -0.0896 e. The zero-order valence-electron chi connectivity index (χ0n) is 12.4. The first-order valence-electron chi connectivity index (χ1n) is 6.29. The summed E-state index contributed by atoms with van der Waals surface area (Å²) in [6.45, 7) is 21.8. The van der Waals surface area contributed by atoms with Crippen LogP contribution in [0.1, 0.15) is 75.2 Å². The summed E-state index contributed by atoms with van der Waals surface area (Å²) >= 11 is 0. The van der Waals surface area contributed by atoms with Crippen LogP contribution in [0.2, 0.25) is 0 Å². The Labute approximate surface area is 99.0 Å². The molecule has 0 aromatic rings. The lowest BCUT2D eigenvalue weighted by Gasteiger charge is -2.52. The summed E-state index contributed by atoms with van der Waals surface area (Å²) in [6, 6.07) is 0. The summed E-state index contributed by atoms with van der Waals surface area (Å²) in [4.78, 5) is 0. The van der Waals surface area contributed by atoms with Crippen LogP contribution in [-0.2, 0) is 0 Å². The first-order chi connectivity index (χ1) is 6.49. The van der Waals surface area contributed by atoms with Crippen molar-refractivity contribution < 1.29 is 0 Å². The molecule has 0 aliphatic heterocycles. The molecule has 0 unspecified atom stereocenters. The molecular formula is C14H31P. The highest BCUT2D eigenvalue weighted by atomic mass is 31.1. The van der Waals surface area contributed by atoms with Crippen molar-refractivity contribution in [3.05, 3.63) is 0 Å². The third-order valence-corrected chi connectivity index (χ3v) is 8.01. The van der Waals surface area contributed by atoms with E-state index in [0.29, 0.717) is 15.5 Å². The second-order valence-corrected chi connectivity index (χ2v) is 11.3. The fraction of sp³-hybridized carbons (Fsp3) is 1.00. The summed E-state index contributed by atoms with van der Waals surface area (Å²) in [7, 11) is 0.0116. The van der Waals surface area contributed by atoms with Gasteiger partial charge in [0.1, 0.15) is 0 Å². The van der Waals surface area contributed by atoms with Gasteiger partial charge in [0.25, 0.3) is 0 Å². The van der Waals surface area contributed by atoms with E-state index in [1.807, 2.05) is 0 Å². The number of rotatable bonds is 4. The molecule has 0 saturated carbocycles. The Bertz CT molecular complexity index is 180. The molecule has 0 bridgehead atoms. The van der Waals surface area contributed by atoms with Gasteiger partial charge in [-0.15, -0.1) is 0 Å². The van der Waals surface area contributed by atoms with Crippen LogP contribution in [0.15, 0.2) is 0 Å². The molecule has 0 fully saturated rings. The van der Waals surface area contributed by atoms with Crippen molar-refractivity contribution in [1.82, 2.24) is 0 Å². The van der Waals surface area contributed by atoms with E-state index >= 15 is 0 Å². The lowest BCUT2D eigenvalue weighted by molar-refractivity contribution is 0.570. The van der Waals surface area contributed by atoms with E-state index in [9.17, 15) is 0 Å². The van der Waals surface area contributed by atoms with Crippen LogP contribution >= 0.6 is 7.92 Å². The molecule has 0 aromatic heterocycles. The van der Waals surface area contributed by atoms with Crippen LogP contribution in [0.3, 0.4) is 0 Å². The zero-order valence-corrected chi connectivity index (χ0v) is 13.3. The van der Waals surface area contributed by atoms with Crippen molar-refractivity contribution in [2.24, 2.45) is 0 Å². The molecule has 1 heteroatoms. The van der Waals surface area contributed by atoms with E-state index in [2.05, 4.69) is 62.3 Å². The SMILES string of the molecule is CCC(C)(C)P(C(C)(C)C)C(C)(C)CC. The molecule has 0 radical (unpaired) electrons. The summed E-state index contributed by atoms with van der Waals surface area (Å²) in [5, 5.41) is 1.44. The maximum Gasteiger partial charge on any atom is -0.0144 e. The smallest absolute Gasteiger partial charge is 0.0144 e. The van der Waals surface area contributed by atoms with Gasteiger partial charge in [0.15, 0.2) is 0 Å². The molecule has 0 aromatic carbocycles. The van der Waals surface area contributed by atoms with Crippen LogP contribution in [-0.4, -0.2) is 15.5 Å². The van der Waals surface area contributed by atoms with Crippen LogP contribution in [0.25, 0.3) is 0 Å². The van der Waals surface area contributed by atoms with Crippen molar-refractivity contribution in [2.45, 2.75) is 90.6 Å². The third kappa shape index (κ3) is 3.74. The molecule has 0 rings (SSSR count). The van der Waals surface area contributed by atoms with Gasteiger partial charge in [0, 0.05) is 0 Å². The Morgan fingerprint density at radius 3 is 1.07 bits per heavy atom. The second kappa shape index (κ2) is 4.74. The third-order valence-electron chi connectivity index (χ3n) is 3.61. The number of hydrogen-bond donors (Lipinski definition) is 0. The predicted molar refractivity (Wildman–Crippen MR) is 75.4 cm³/mol. The Hall–Kier alpha value is 0.430. The van der Waals surface area contributed by atoms with Gasteiger partial charge < -0.3 is 0 Å². The summed E-state index contributed by atoms with van der Waals surface area (Å²) < 4.78 is 0.